The Balaban J connectivity index is 1.12. The van der Waals surface area contributed by atoms with Gasteiger partial charge in [-0.05, 0) is 82.2 Å². The Morgan fingerprint density at radius 2 is 0.926 bits per heavy atom. The van der Waals surface area contributed by atoms with Gasteiger partial charge in [0, 0.05) is 53.0 Å². The van der Waals surface area contributed by atoms with Crippen LogP contribution in [0.1, 0.15) is 0 Å². The molecule has 0 aliphatic rings. The van der Waals surface area contributed by atoms with E-state index in [1.807, 2.05) is 41.7 Å². The lowest BCUT2D eigenvalue weighted by Crippen LogP contribution is -2.00. The van der Waals surface area contributed by atoms with Crippen molar-refractivity contribution < 1.29 is 4.42 Å². The summed E-state index contributed by atoms with van der Waals surface area (Å²) in [6.07, 6.45) is 0. The van der Waals surface area contributed by atoms with Crippen LogP contribution in [0.15, 0.2) is 180 Å². The molecule has 0 amide bonds. The van der Waals surface area contributed by atoms with Crippen LogP contribution in [0.25, 0.3) is 109 Å². The summed E-state index contributed by atoms with van der Waals surface area (Å²) in [6.45, 7) is 0. The van der Waals surface area contributed by atoms with Crippen LogP contribution in [0, 0.1) is 0 Å². The van der Waals surface area contributed by atoms with E-state index in [0.717, 1.165) is 66.1 Å². The molecule has 0 radical (unpaired) electrons. The summed E-state index contributed by atoms with van der Waals surface area (Å²) in [5.41, 5.74) is 9.11. The van der Waals surface area contributed by atoms with Crippen LogP contribution in [0.4, 0.5) is 0 Å². The molecule has 0 bridgehead atoms. The highest BCUT2D eigenvalue weighted by Gasteiger charge is 2.18. The molecule has 0 spiro atoms. The Morgan fingerprint density at radius 3 is 1.74 bits per heavy atom. The van der Waals surface area contributed by atoms with Gasteiger partial charge in [-0.15, -0.1) is 11.3 Å². The van der Waals surface area contributed by atoms with Gasteiger partial charge in [0.05, 0.1) is 0 Å². The number of nitrogens with zero attached hydrogens (tertiary/aromatic N) is 3. The normalized spacial score (nSPS) is 11.7. The number of hydrogen-bond donors (Lipinski definition) is 0. The maximum atomic E-state index is 6.52. The van der Waals surface area contributed by atoms with Crippen LogP contribution in [0.2, 0.25) is 0 Å². The van der Waals surface area contributed by atoms with Crippen LogP contribution < -0.4 is 0 Å². The number of para-hydroxylation sites is 1. The van der Waals surface area contributed by atoms with Crippen molar-refractivity contribution in [2.24, 2.45) is 0 Å². The Morgan fingerprint density at radius 1 is 0.333 bits per heavy atom. The number of aromatic nitrogens is 3. The predicted octanol–water partition coefficient (Wildman–Crippen LogP) is 13.6. The summed E-state index contributed by atoms with van der Waals surface area (Å²) < 4.78 is 9.04. The molecule has 0 atom stereocenters. The molecule has 3 aromatic heterocycles. The largest absolute Gasteiger partial charge is 0.455 e. The summed E-state index contributed by atoms with van der Waals surface area (Å²) in [4.78, 5) is 15.3. The topological polar surface area (TPSA) is 51.8 Å². The fourth-order valence-electron chi connectivity index (χ4n) is 7.69. The zero-order valence-corrected chi connectivity index (χ0v) is 29.7. The third-order valence-corrected chi connectivity index (χ3v) is 11.5. The highest BCUT2D eigenvalue weighted by molar-refractivity contribution is 7.25. The summed E-state index contributed by atoms with van der Waals surface area (Å²) in [5, 5.41) is 6.85. The third-order valence-electron chi connectivity index (χ3n) is 10.3. The zero-order chi connectivity index (χ0) is 35.6. The molecule has 0 aliphatic heterocycles. The van der Waals surface area contributed by atoms with Gasteiger partial charge < -0.3 is 4.42 Å². The van der Waals surface area contributed by atoms with Crippen LogP contribution in [-0.4, -0.2) is 15.0 Å². The number of rotatable bonds is 5. The van der Waals surface area contributed by atoms with E-state index in [-0.39, 0.29) is 0 Å². The molecule has 8 aromatic carbocycles. The van der Waals surface area contributed by atoms with E-state index in [1.165, 1.54) is 25.7 Å². The number of hydrogen-bond acceptors (Lipinski definition) is 5. The average molecular weight is 708 g/mol. The van der Waals surface area contributed by atoms with Crippen molar-refractivity contribution in [2.75, 3.05) is 0 Å². The minimum Gasteiger partial charge on any atom is -0.455 e. The lowest BCUT2D eigenvalue weighted by molar-refractivity contribution is 0.672. The van der Waals surface area contributed by atoms with Gasteiger partial charge in [-0.25, -0.2) is 15.0 Å². The number of benzene rings is 8. The molecule has 0 fully saturated rings. The first-order chi connectivity index (χ1) is 26.7. The molecular formula is C49H29N3OS. The maximum Gasteiger partial charge on any atom is 0.164 e. The van der Waals surface area contributed by atoms with Crippen molar-refractivity contribution in [2.45, 2.75) is 0 Å². The number of thiophene rings is 1. The van der Waals surface area contributed by atoms with Gasteiger partial charge in [-0.1, -0.05) is 121 Å². The summed E-state index contributed by atoms with van der Waals surface area (Å²) in [6, 6.07) is 61.6. The molecular weight excluding hydrogens is 679 g/mol. The first kappa shape index (κ1) is 30.7. The van der Waals surface area contributed by atoms with Gasteiger partial charge in [0.15, 0.2) is 17.5 Å². The fraction of sp³-hybridized carbons (Fsp3) is 0. The van der Waals surface area contributed by atoms with Gasteiger partial charge >= 0.3 is 0 Å². The van der Waals surface area contributed by atoms with Crippen molar-refractivity contribution in [3.05, 3.63) is 176 Å². The van der Waals surface area contributed by atoms with E-state index < -0.39 is 0 Å². The van der Waals surface area contributed by atoms with E-state index in [2.05, 4.69) is 146 Å². The average Bonchev–Trinajstić information content (AvgIpc) is 3.82. The standard InChI is InChI=1S/C49H29N3OS/c1-3-12-30(13-4-1)32-22-24-38-40(27-32)39(29-42-36-18-7-9-20-43(36)53-46(38)42)33-16-11-17-34(26-33)48-50-47(31-14-5-2-6-15-31)51-49(52-48)35-23-25-45-41(28-35)37-19-8-10-21-44(37)54-45/h1-29H. The molecule has 54 heavy (non-hydrogen) atoms. The molecule has 5 heteroatoms. The fourth-order valence-corrected chi connectivity index (χ4v) is 8.77. The SMILES string of the molecule is c1ccc(-c2ccc3c(c2)c(-c2cccc(-c4nc(-c5ccccc5)nc(-c5ccc6sc7ccccc7c6c5)n4)c2)cc2c4ccccc4oc32)cc1. The van der Waals surface area contributed by atoms with E-state index in [9.17, 15) is 0 Å². The lowest BCUT2D eigenvalue weighted by atomic mass is 9.92. The molecule has 3 heterocycles. The molecule has 11 rings (SSSR count). The molecule has 0 unspecified atom stereocenters. The van der Waals surface area contributed by atoms with Gasteiger partial charge in [0.2, 0.25) is 0 Å². The van der Waals surface area contributed by atoms with E-state index >= 15 is 0 Å². The van der Waals surface area contributed by atoms with Crippen LogP contribution in [0.3, 0.4) is 0 Å². The quantitative estimate of drug-likeness (QED) is 0.179. The van der Waals surface area contributed by atoms with Gasteiger partial charge in [-0.2, -0.15) is 0 Å². The van der Waals surface area contributed by atoms with Gasteiger partial charge in [0.25, 0.3) is 0 Å². The van der Waals surface area contributed by atoms with Crippen molar-refractivity contribution in [3.8, 4) is 56.4 Å². The van der Waals surface area contributed by atoms with Crippen molar-refractivity contribution in [1.29, 1.82) is 0 Å². The summed E-state index contributed by atoms with van der Waals surface area (Å²) in [5.74, 6) is 1.91. The minimum absolute atomic E-state index is 0.625. The third kappa shape index (κ3) is 5.09. The maximum absolute atomic E-state index is 6.52. The second-order valence-corrected chi connectivity index (χ2v) is 14.7. The predicted molar refractivity (Wildman–Crippen MR) is 225 cm³/mol. The summed E-state index contributed by atoms with van der Waals surface area (Å²) >= 11 is 1.81. The Hall–Kier alpha value is -6.95. The van der Waals surface area contributed by atoms with Gasteiger partial charge in [-0.3, -0.25) is 0 Å². The van der Waals surface area contributed by atoms with E-state index in [1.54, 1.807) is 0 Å². The molecule has 11 aromatic rings. The van der Waals surface area contributed by atoms with Crippen molar-refractivity contribution in [1.82, 2.24) is 15.0 Å². The summed E-state index contributed by atoms with van der Waals surface area (Å²) in [7, 11) is 0. The zero-order valence-electron chi connectivity index (χ0n) is 28.9. The molecule has 0 saturated carbocycles. The van der Waals surface area contributed by atoms with E-state index in [4.69, 9.17) is 19.4 Å². The lowest BCUT2D eigenvalue weighted by Gasteiger charge is -2.13. The molecule has 252 valence electrons. The van der Waals surface area contributed by atoms with Crippen LogP contribution >= 0.6 is 11.3 Å². The molecule has 0 N–H and O–H groups in total. The van der Waals surface area contributed by atoms with Crippen molar-refractivity contribution in [3.63, 3.8) is 0 Å². The second-order valence-electron chi connectivity index (χ2n) is 13.6. The highest BCUT2D eigenvalue weighted by atomic mass is 32.1. The highest BCUT2D eigenvalue weighted by Crippen LogP contribution is 2.42. The van der Waals surface area contributed by atoms with E-state index in [0.29, 0.717) is 17.5 Å². The molecule has 0 aliphatic carbocycles. The van der Waals surface area contributed by atoms with Crippen LogP contribution in [0.5, 0.6) is 0 Å². The Labute approximate surface area is 314 Å². The first-order valence-electron chi connectivity index (χ1n) is 18.0. The second kappa shape index (κ2) is 12.3. The Bertz CT molecular complexity index is 3220. The number of fused-ring (bicyclic) bond motifs is 8. The van der Waals surface area contributed by atoms with Crippen LogP contribution in [-0.2, 0) is 0 Å². The minimum atomic E-state index is 0.625. The first-order valence-corrected chi connectivity index (χ1v) is 18.8. The van der Waals surface area contributed by atoms with Gasteiger partial charge in [0.1, 0.15) is 11.2 Å². The monoisotopic (exact) mass is 707 g/mol. The molecule has 4 nitrogen and oxygen atoms in total. The van der Waals surface area contributed by atoms with Crippen molar-refractivity contribution >= 4 is 64.2 Å². The number of furan rings is 1. The molecule has 0 saturated heterocycles. The Kier molecular flexibility index (Phi) is 7.00. The smallest absolute Gasteiger partial charge is 0.164 e.